The van der Waals surface area contributed by atoms with Crippen LogP contribution in [0.15, 0.2) is 36.8 Å². The Morgan fingerprint density at radius 2 is 1.84 bits per heavy atom. The highest BCUT2D eigenvalue weighted by Crippen LogP contribution is 2.38. The van der Waals surface area contributed by atoms with E-state index in [4.69, 9.17) is 34.3 Å². The van der Waals surface area contributed by atoms with Crippen LogP contribution in [0.4, 0.5) is 11.8 Å². The van der Waals surface area contributed by atoms with Gasteiger partial charge in [-0.2, -0.15) is 5.10 Å². The SMILES string of the molecule is COc1ccncc1-c1cc2c(cnn2-c2cc3c(nc(N4C[C@@H](C)O[C@H](C)C4)n3C)c(N3C[C@H]4C[C@@H]3CO4)n2)c(C)n1. The predicted molar refractivity (Wildman–Crippen MR) is 163 cm³/mol. The predicted octanol–water partition coefficient (Wildman–Crippen LogP) is 3.67. The van der Waals surface area contributed by atoms with Crippen molar-refractivity contribution >= 4 is 33.7 Å². The number of pyridine rings is 3. The van der Waals surface area contributed by atoms with Gasteiger partial charge < -0.3 is 28.6 Å². The maximum atomic E-state index is 6.02. The zero-order chi connectivity index (χ0) is 29.4. The molecule has 5 aromatic heterocycles. The van der Waals surface area contributed by atoms with E-state index in [0.717, 1.165) is 88.3 Å². The van der Waals surface area contributed by atoms with Gasteiger partial charge in [0.1, 0.15) is 11.3 Å². The maximum absolute atomic E-state index is 6.02. The Balaban J connectivity index is 1.31. The molecule has 2 bridgehead atoms. The topological polar surface area (TPSA) is 108 Å². The van der Waals surface area contributed by atoms with Crippen LogP contribution in [-0.4, -0.2) is 92.0 Å². The summed E-state index contributed by atoms with van der Waals surface area (Å²) in [6, 6.07) is 6.27. The molecule has 3 aliphatic rings. The molecule has 8 rings (SSSR count). The molecule has 222 valence electrons. The first-order valence-electron chi connectivity index (χ1n) is 14.9. The van der Waals surface area contributed by atoms with Gasteiger partial charge in [0.05, 0.1) is 66.6 Å². The average Bonchev–Trinajstić information content (AvgIpc) is 3.80. The van der Waals surface area contributed by atoms with Crippen LogP contribution >= 0.6 is 0 Å². The van der Waals surface area contributed by atoms with Crippen LogP contribution in [0.1, 0.15) is 26.0 Å². The number of methoxy groups -OCH3 is 1. The number of hydrogen-bond donors (Lipinski definition) is 0. The number of rotatable bonds is 5. The molecule has 43 heavy (non-hydrogen) atoms. The number of nitrogens with zero attached hydrogens (tertiary/aromatic N) is 9. The molecule has 3 fully saturated rings. The van der Waals surface area contributed by atoms with Crippen molar-refractivity contribution in [1.82, 2.24) is 34.3 Å². The third kappa shape index (κ3) is 4.22. The second-order valence-corrected chi connectivity index (χ2v) is 12.0. The van der Waals surface area contributed by atoms with Gasteiger partial charge in [0.2, 0.25) is 5.95 Å². The molecule has 0 N–H and O–H groups in total. The molecule has 0 amide bonds. The molecule has 0 aliphatic carbocycles. The zero-order valence-corrected chi connectivity index (χ0v) is 25.1. The van der Waals surface area contributed by atoms with Gasteiger partial charge in [-0.1, -0.05) is 0 Å². The van der Waals surface area contributed by atoms with Crippen molar-refractivity contribution in [3.05, 3.63) is 42.5 Å². The van der Waals surface area contributed by atoms with Crippen LogP contribution in [0.5, 0.6) is 5.75 Å². The van der Waals surface area contributed by atoms with E-state index in [9.17, 15) is 0 Å². The van der Waals surface area contributed by atoms with Crippen LogP contribution < -0.4 is 14.5 Å². The number of aryl methyl sites for hydroxylation is 2. The number of anilines is 2. The van der Waals surface area contributed by atoms with Gasteiger partial charge in [-0.15, -0.1) is 0 Å². The summed E-state index contributed by atoms with van der Waals surface area (Å²) in [4.78, 5) is 24.4. The van der Waals surface area contributed by atoms with Crippen LogP contribution in [0.25, 0.3) is 39.0 Å². The van der Waals surface area contributed by atoms with E-state index >= 15 is 0 Å². The molecule has 12 nitrogen and oxygen atoms in total. The zero-order valence-electron chi connectivity index (χ0n) is 25.1. The lowest BCUT2D eigenvalue weighted by atomic mass is 10.1. The molecule has 8 heterocycles. The Morgan fingerprint density at radius 3 is 2.58 bits per heavy atom. The summed E-state index contributed by atoms with van der Waals surface area (Å²) in [7, 11) is 3.75. The third-order valence-corrected chi connectivity index (χ3v) is 8.94. The number of morpholine rings is 2. The highest BCUT2D eigenvalue weighted by Gasteiger charge is 2.41. The molecule has 0 radical (unpaired) electrons. The van der Waals surface area contributed by atoms with Gasteiger partial charge in [0.25, 0.3) is 0 Å². The van der Waals surface area contributed by atoms with Crippen molar-refractivity contribution in [1.29, 1.82) is 0 Å². The first kappa shape index (κ1) is 26.3. The van der Waals surface area contributed by atoms with E-state index in [2.05, 4.69) is 46.3 Å². The monoisotopic (exact) mass is 581 g/mol. The molecule has 5 aromatic rings. The highest BCUT2D eigenvalue weighted by atomic mass is 16.5. The minimum atomic E-state index is 0.128. The lowest BCUT2D eigenvalue weighted by Crippen LogP contribution is -2.46. The fourth-order valence-corrected chi connectivity index (χ4v) is 6.99. The van der Waals surface area contributed by atoms with Crippen molar-refractivity contribution < 1.29 is 14.2 Å². The molecule has 0 aromatic carbocycles. The Kier molecular flexibility index (Phi) is 6.05. The Morgan fingerprint density at radius 1 is 1.00 bits per heavy atom. The summed E-state index contributed by atoms with van der Waals surface area (Å²) in [5.41, 5.74) is 5.29. The minimum absolute atomic E-state index is 0.128. The molecule has 12 heteroatoms. The summed E-state index contributed by atoms with van der Waals surface area (Å²) < 4.78 is 21.7. The van der Waals surface area contributed by atoms with E-state index in [-0.39, 0.29) is 24.4 Å². The number of hydrogen-bond acceptors (Lipinski definition) is 10. The summed E-state index contributed by atoms with van der Waals surface area (Å²) >= 11 is 0. The quantitative estimate of drug-likeness (QED) is 0.305. The van der Waals surface area contributed by atoms with Crippen LogP contribution in [0, 0.1) is 6.92 Å². The van der Waals surface area contributed by atoms with Crippen molar-refractivity contribution in [2.75, 3.05) is 43.2 Å². The van der Waals surface area contributed by atoms with E-state index in [1.54, 1.807) is 19.5 Å². The van der Waals surface area contributed by atoms with Crippen LogP contribution in [0.3, 0.4) is 0 Å². The van der Waals surface area contributed by atoms with E-state index in [0.29, 0.717) is 6.61 Å². The first-order chi connectivity index (χ1) is 20.9. The summed E-state index contributed by atoms with van der Waals surface area (Å²) in [5.74, 6) is 3.25. The van der Waals surface area contributed by atoms with Crippen LogP contribution in [-0.2, 0) is 16.5 Å². The van der Waals surface area contributed by atoms with E-state index < -0.39 is 0 Å². The summed E-state index contributed by atoms with van der Waals surface area (Å²) in [6.45, 7) is 9.33. The van der Waals surface area contributed by atoms with Gasteiger partial charge in [-0.3, -0.25) is 9.97 Å². The van der Waals surface area contributed by atoms with Crippen molar-refractivity contribution in [3.8, 4) is 22.8 Å². The number of imidazole rings is 1. The Bertz CT molecular complexity index is 1860. The van der Waals surface area contributed by atoms with Crippen molar-refractivity contribution in [3.63, 3.8) is 0 Å². The maximum Gasteiger partial charge on any atom is 0.206 e. The van der Waals surface area contributed by atoms with Gasteiger partial charge in [-0.05, 0) is 39.3 Å². The molecular weight excluding hydrogens is 546 g/mol. The Labute approximate surface area is 249 Å². The number of fused-ring (bicyclic) bond motifs is 4. The van der Waals surface area contributed by atoms with Crippen LogP contribution in [0.2, 0.25) is 0 Å². The average molecular weight is 582 g/mol. The first-order valence-corrected chi connectivity index (χ1v) is 14.9. The molecule has 3 aliphatic heterocycles. The fraction of sp³-hybridized carbons (Fsp3) is 0.452. The summed E-state index contributed by atoms with van der Waals surface area (Å²) in [5, 5.41) is 5.80. The lowest BCUT2D eigenvalue weighted by molar-refractivity contribution is -0.00583. The van der Waals surface area contributed by atoms with Gasteiger partial charge in [0.15, 0.2) is 11.6 Å². The molecule has 4 atom stereocenters. The summed E-state index contributed by atoms with van der Waals surface area (Å²) in [6.07, 6.45) is 6.86. The van der Waals surface area contributed by atoms with Gasteiger partial charge in [0, 0.05) is 56.2 Å². The van der Waals surface area contributed by atoms with E-state index in [1.165, 1.54) is 0 Å². The molecule has 0 saturated carbocycles. The van der Waals surface area contributed by atoms with E-state index in [1.807, 2.05) is 29.9 Å². The van der Waals surface area contributed by atoms with Gasteiger partial charge in [-0.25, -0.2) is 14.6 Å². The smallest absolute Gasteiger partial charge is 0.206 e. The number of aromatic nitrogens is 7. The van der Waals surface area contributed by atoms with Gasteiger partial charge >= 0.3 is 0 Å². The van der Waals surface area contributed by atoms with Crippen molar-refractivity contribution in [2.45, 2.75) is 51.5 Å². The largest absolute Gasteiger partial charge is 0.496 e. The third-order valence-electron chi connectivity index (χ3n) is 8.94. The highest BCUT2D eigenvalue weighted by molar-refractivity contribution is 5.92. The molecule has 0 unspecified atom stereocenters. The molecule has 3 saturated heterocycles. The second kappa shape index (κ2) is 9.88. The molecule has 0 spiro atoms. The normalized spacial score (nSPS) is 23.7. The second-order valence-electron chi connectivity index (χ2n) is 12.0. The van der Waals surface area contributed by atoms with Crippen molar-refractivity contribution in [2.24, 2.45) is 7.05 Å². The number of ether oxygens (including phenoxy) is 3. The fourth-order valence-electron chi connectivity index (χ4n) is 6.99. The lowest BCUT2D eigenvalue weighted by Gasteiger charge is -2.35. The Hall–Kier alpha value is -4.29. The molecular formula is C31H35N9O3. The minimum Gasteiger partial charge on any atom is -0.496 e. The standard InChI is InChI=1S/C31H35N9O3/c1-17-13-38(14-18(2)43-17)31-36-29-26(37(31)4)10-28(35-30(29)39-15-21-8-20(39)16-42-21)40-25-9-24(34-19(3)22(25)12-33-40)23-11-32-7-6-27(23)41-5/h6-7,9-12,17-18,20-21H,8,13-16H2,1-5H3/t17-,18-,20-,21-/m1/s1.